The van der Waals surface area contributed by atoms with E-state index in [0.29, 0.717) is 16.9 Å². The molecule has 0 aliphatic heterocycles. The molecule has 4 N–H and O–H groups in total. The Kier molecular flexibility index (Phi) is 5.99. The maximum atomic E-state index is 12.4. The number of nitrogens with zero attached hydrogens (tertiary/aromatic N) is 1. The zero-order valence-electron chi connectivity index (χ0n) is 14.7. The molecule has 0 spiro atoms. The standard InChI is InChI=1S/C20H22N4OS/c1-2-11-22-12-16-13-23-20(26-16)15-9-7-14(8-10-15)19(25)24-18-6-4-3-5-17(18)21/h3-10,13,22H,2,11-12,21H2,1H3,(H,24,25). The van der Waals surface area contributed by atoms with Crippen LogP contribution in [0.15, 0.2) is 54.7 Å². The van der Waals surface area contributed by atoms with E-state index in [-0.39, 0.29) is 5.91 Å². The second-order valence-electron chi connectivity index (χ2n) is 5.93. The van der Waals surface area contributed by atoms with Crippen LogP contribution in [0.3, 0.4) is 0 Å². The highest BCUT2D eigenvalue weighted by Gasteiger charge is 2.09. The molecule has 5 nitrogen and oxygen atoms in total. The maximum Gasteiger partial charge on any atom is 0.255 e. The molecule has 0 unspecified atom stereocenters. The summed E-state index contributed by atoms with van der Waals surface area (Å²) in [5, 5.41) is 7.16. The number of hydrogen-bond acceptors (Lipinski definition) is 5. The van der Waals surface area contributed by atoms with Crippen LogP contribution in [0.4, 0.5) is 11.4 Å². The van der Waals surface area contributed by atoms with E-state index >= 15 is 0 Å². The van der Waals surface area contributed by atoms with Gasteiger partial charge in [0, 0.05) is 28.7 Å². The van der Waals surface area contributed by atoms with Crippen molar-refractivity contribution in [2.75, 3.05) is 17.6 Å². The van der Waals surface area contributed by atoms with Gasteiger partial charge in [-0.3, -0.25) is 4.79 Å². The summed E-state index contributed by atoms with van der Waals surface area (Å²) in [5.41, 5.74) is 8.62. The molecule has 1 heterocycles. The van der Waals surface area contributed by atoms with Crippen molar-refractivity contribution in [3.63, 3.8) is 0 Å². The van der Waals surface area contributed by atoms with Gasteiger partial charge < -0.3 is 16.4 Å². The summed E-state index contributed by atoms with van der Waals surface area (Å²) >= 11 is 1.66. The quantitative estimate of drug-likeness (QED) is 0.434. The van der Waals surface area contributed by atoms with Crippen LogP contribution < -0.4 is 16.4 Å². The zero-order chi connectivity index (χ0) is 18.4. The normalized spacial score (nSPS) is 10.7. The van der Waals surface area contributed by atoms with Crippen LogP contribution in [0.25, 0.3) is 10.6 Å². The fourth-order valence-corrected chi connectivity index (χ4v) is 3.37. The Labute approximate surface area is 157 Å². The fraction of sp³-hybridized carbons (Fsp3) is 0.200. The molecule has 2 aromatic carbocycles. The number of rotatable bonds is 7. The highest BCUT2D eigenvalue weighted by Crippen LogP contribution is 2.26. The number of carbonyl (C=O) groups is 1. The van der Waals surface area contributed by atoms with E-state index in [2.05, 4.69) is 22.5 Å². The second-order valence-corrected chi connectivity index (χ2v) is 7.04. The van der Waals surface area contributed by atoms with Crippen molar-refractivity contribution in [1.82, 2.24) is 10.3 Å². The Morgan fingerprint density at radius 2 is 1.92 bits per heavy atom. The third-order valence-electron chi connectivity index (χ3n) is 3.88. The summed E-state index contributed by atoms with van der Waals surface area (Å²) in [4.78, 5) is 18.1. The molecule has 0 aliphatic rings. The van der Waals surface area contributed by atoms with Gasteiger partial charge in [-0.2, -0.15) is 0 Å². The average molecular weight is 366 g/mol. The summed E-state index contributed by atoms with van der Waals surface area (Å²) in [7, 11) is 0. The topological polar surface area (TPSA) is 80.0 Å². The number of aromatic nitrogens is 1. The highest BCUT2D eigenvalue weighted by atomic mass is 32.1. The molecule has 0 radical (unpaired) electrons. The van der Waals surface area contributed by atoms with Gasteiger partial charge in [0.1, 0.15) is 5.01 Å². The first-order chi connectivity index (χ1) is 12.7. The molecule has 0 saturated carbocycles. The highest BCUT2D eigenvalue weighted by molar-refractivity contribution is 7.15. The number of thiazole rings is 1. The summed E-state index contributed by atoms with van der Waals surface area (Å²) in [5.74, 6) is -0.182. The predicted molar refractivity (Wildman–Crippen MR) is 108 cm³/mol. The van der Waals surface area contributed by atoms with Gasteiger partial charge in [0.15, 0.2) is 0 Å². The SMILES string of the molecule is CCCNCc1cnc(-c2ccc(C(=O)Nc3ccccc3N)cc2)s1. The van der Waals surface area contributed by atoms with Gasteiger partial charge in [-0.05, 0) is 37.2 Å². The summed E-state index contributed by atoms with van der Waals surface area (Å²) in [6.07, 6.45) is 3.02. The predicted octanol–water partition coefficient (Wildman–Crippen LogP) is 4.14. The van der Waals surface area contributed by atoms with E-state index in [1.165, 1.54) is 4.88 Å². The second kappa shape index (κ2) is 8.60. The van der Waals surface area contributed by atoms with Gasteiger partial charge >= 0.3 is 0 Å². The van der Waals surface area contributed by atoms with E-state index in [0.717, 1.165) is 30.1 Å². The number of nitrogens with one attached hydrogen (secondary N) is 2. The lowest BCUT2D eigenvalue weighted by atomic mass is 10.1. The molecule has 1 amide bonds. The molecule has 0 atom stereocenters. The monoisotopic (exact) mass is 366 g/mol. The van der Waals surface area contributed by atoms with Gasteiger partial charge in [-0.25, -0.2) is 4.98 Å². The van der Waals surface area contributed by atoms with Crippen LogP contribution in [0.2, 0.25) is 0 Å². The third kappa shape index (κ3) is 4.47. The molecular formula is C20H22N4OS. The number of para-hydroxylation sites is 2. The Hall–Kier alpha value is -2.70. The minimum Gasteiger partial charge on any atom is -0.397 e. The van der Waals surface area contributed by atoms with Crippen LogP contribution in [-0.4, -0.2) is 17.4 Å². The maximum absolute atomic E-state index is 12.4. The minimum atomic E-state index is -0.182. The molecule has 3 rings (SSSR count). The van der Waals surface area contributed by atoms with Crippen LogP contribution in [0.1, 0.15) is 28.6 Å². The van der Waals surface area contributed by atoms with E-state index in [1.54, 1.807) is 35.6 Å². The molecule has 26 heavy (non-hydrogen) atoms. The van der Waals surface area contributed by atoms with Crippen LogP contribution in [-0.2, 0) is 6.54 Å². The molecule has 1 aromatic heterocycles. The Bertz CT molecular complexity index is 874. The molecule has 0 fully saturated rings. The first-order valence-electron chi connectivity index (χ1n) is 8.59. The smallest absolute Gasteiger partial charge is 0.255 e. The van der Waals surface area contributed by atoms with Gasteiger partial charge in [-0.15, -0.1) is 11.3 Å². The van der Waals surface area contributed by atoms with Crippen molar-refractivity contribution in [3.8, 4) is 10.6 Å². The Morgan fingerprint density at radius 3 is 2.65 bits per heavy atom. The third-order valence-corrected chi connectivity index (χ3v) is 4.93. The van der Waals surface area contributed by atoms with Gasteiger partial charge in [0.2, 0.25) is 0 Å². The number of anilines is 2. The van der Waals surface area contributed by atoms with Crippen molar-refractivity contribution in [1.29, 1.82) is 0 Å². The van der Waals surface area contributed by atoms with Crippen molar-refractivity contribution in [2.24, 2.45) is 0 Å². The number of hydrogen-bond donors (Lipinski definition) is 3. The average Bonchev–Trinajstić information content (AvgIpc) is 3.13. The van der Waals surface area contributed by atoms with Gasteiger partial charge in [-0.1, -0.05) is 31.2 Å². The Morgan fingerprint density at radius 1 is 1.15 bits per heavy atom. The molecule has 0 bridgehead atoms. The lowest BCUT2D eigenvalue weighted by Crippen LogP contribution is -2.12. The molecule has 0 saturated heterocycles. The molecule has 6 heteroatoms. The number of carbonyl (C=O) groups excluding carboxylic acids is 1. The van der Waals surface area contributed by atoms with Crippen LogP contribution in [0.5, 0.6) is 0 Å². The van der Waals surface area contributed by atoms with E-state index in [1.807, 2.05) is 30.5 Å². The number of nitrogen functional groups attached to an aromatic ring is 1. The largest absolute Gasteiger partial charge is 0.397 e. The van der Waals surface area contributed by atoms with E-state index in [9.17, 15) is 4.79 Å². The summed E-state index contributed by atoms with van der Waals surface area (Å²) < 4.78 is 0. The van der Waals surface area contributed by atoms with Gasteiger partial charge in [0.05, 0.1) is 11.4 Å². The van der Waals surface area contributed by atoms with Crippen molar-refractivity contribution < 1.29 is 4.79 Å². The number of amides is 1. The molecule has 3 aromatic rings. The first-order valence-corrected chi connectivity index (χ1v) is 9.40. The van der Waals surface area contributed by atoms with Crippen molar-refractivity contribution >= 4 is 28.6 Å². The van der Waals surface area contributed by atoms with E-state index < -0.39 is 0 Å². The van der Waals surface area contributed by atoms with Crippen molar-refractivity contribution in [2.45, 2.75) is 19.9 Å². The molecule has 0 aliphatic carbocycles. The number of nitrogens with two attached hydrogens (primary N) is 1. The minimum absolute atomic E-state index is 0.182. The van der Waals surface area contributed by atoms with Crippen LogP contribution in [0, 0.1) is 0 Å². The molecule has 134 valence electrons. The first kappa shape index (κ1) is 18.1. The van der Waals surface area contributed by atoms with Gasteiger partial charge in [0.25, 0.3) is 5.91 Å². The fourth-order valence-electron chi connectivity index (χ4n) is 2.48. The Balaban J connectivity index is 1.66. The summed E-state index contributed by atoms with van der Waals surface area (Å²) in [6, 6.07) is 14.7. The number of benzene rings is 2. The van der Waals surface area contributed by atoms with Crippen molar-refractivity contribution in [3.05, 3.63) is 65.2 Å². The lowest BCUT2D eigenvalue weighted by Gasteiger charge is -2.08. The van der Waals surface area contributed by atoms with Crippen LogP contribution >= 0.6 is 11.3 Å². The molecular weight excluding hydrogens is 344 g/mol. The zero-order valence-corrected chi connectivity index (χ0v) is 15.5. The summed E-state index contributed by atoms with van der Waals surface area (Å²) in [6.45, 7) is 3.99. The lowest BCUT2D eigenvalue weighted by molar-refractivity contribution is 0.102. The van der Waals surface area contributed by atoms with E-state index in [4.69, 9.17) is 5.73 Å².